The lowest BCUT2D eigenvalue weighted by Crippen LogP contribution is -2.36. The molecule has 2 N–H and O–H groups in total. The summed E-state index contributed by atoms with van der Waals surface area (Å²) in [4.78, 5) is 35.6. The van der Waals surface area contributed by atoms with Gasteiger partial charge in [-0.1, -0.05) is 42.0 Å². The number of methoxy groups -OCH3 is 1. The van der Waals surface area contributed by atoms with Gasteiger partial charge < -0.3 is 9.47 Å². The van der Waals surface area contributed by atoms with Crippen molar-refractivity contribution in [2.75, 3.05) is 20.3 Å². The van der Waals surface area contributed by atoms with Gasteiger partial charge in [0.25, 0.3) is 11.8 Å². The number of benzene rings is 2. The van der Waals surface area contributed by atoms with E-state index >= 15 is 0 Å². The van der Waals surface area contributed by atoms with Crippen LogP contribution in [0, 0.1) is 6.92 Å². The highest BCUT2D eigenvalue weighted by Crippen LogP contribution is 2.16. The Kier molecular flexibility index (Phi) is 8.47. The maximum Gasteiger partial charge on any atom is 0.321 e. The number of hydrogen-bond acceptors (Lipinski definition) is 7. The first-order valence-corrected chi connectivity index (χ1v) is 10.6. The van der Waals surface area contributed by atoms with Crippen LogP contribution in [0.25, 0.3) is 6.08 Å². The maximum atomic E-state index is 12.1. The van der Waals surface area contributed by atoms with Crippen molar-refractivity contribution in [3.63, 3.8) is 0 Å². The van der Waals surface area contributed by atoms with Gasteiger partial charge in [0.1, 0.15) is 12.3 Å². The summed E-state index contributed by atoms with van der Waals surface area (Å²) >= 11 is 0. The van der Waals surface area contributed by atoms with Crippen LogP contribution in [0.4, 0.5) is 0 Å². The summed E-state index contributed by atoms with van der Waals surface area (Å²) in [6, 6.07) is 13.4. The molecule has 0 saturated carbocycles. The van der Waals surface area contributed by atoms with E-state index in [0.717, 1.165) is 11.0 Å². The number of carbonyl (C=O) groups is 3. The molecule has 0 spiro atoms. The molecule has 164 valence electrons. The average Bonchev–Trinajstić information content (AvgIpc) is 2.76. The molecule has 0 saturated heterocycles. The van der Waals surface area contributed by atoms with Gasteiger partial charge in [0.2, 0.25) is 10.0 Å². The quantitative estimate of drug-likeness (QED) is 0.557. The molecule has 2 aromatic rings. The molecular formula is C21H22N2O7S. The lowest BCUT2D eigenvalue weighted by Gasteiger charge is -2.09. The van der Waals surface area contributed by atoms with E-state index in [2.05, 4.69) is 10.1 Å². The first-order valence-electron chi connectivity index (χ1n) is 9.07. The number of para-hydroxylation sites is 1. The van der Waals surface area contributed by atoms with E-state index in [9.17, 15) is 22.8 Å². The number of sulfonamides is 1. The molecule has 2 amide bonds. The SMILES string of the molecule is COc1ccccc1C(=O)NC(=O)COC(=O)CNS(=O)(=O)C=Cc1ccc(C)cc1. The summed E-state index contributed by atoms with van der Waals surface area (Å²) in [5.41, 5.74) is 1.85. The van der Waals surface area contributed by atoms with Gasteiger partial charge in [-0.2, -0.15) is 0 Å². The molecule has 0 aliphatic carbocycles. The van der Waals surface area contributed by atoms with Crippen LogP contribution in [0.3, 0.4) is 0 Å². The molecule has 0 unspecified atom stereocenters. The summed E-state index contributed by atoms with van der Waals surface area (Å²) < 4.78 is 35.6. The Balaban J connectivity index is 1.78. The largest absolute Gasteiger partial charge is 0.496 e. The van der Waals surface area contributed by atoms with Crippen LogP contribution >= 0.6 is 0 Å². The topological polar surface area (TPSA) is 128 Å². The highest BCUT2D eigenvalue weighted by molar-refractivity contribution is 7.92. The van der Waals surface area contributed by atoms with Crippen LogP contribution in [0.2, 0.25) is 0 Å². The second kappa shape index (κ2) is 11.0. The molecule has 0 aromatic heterocycles. The molecule has 31 heavy (non-hydrogen) atoms. The van der Waals surface area contributed by atoms with E-state index < -0.39 is 41.0 Å². The van der Waals surface area contributed by atoms with Gasteiger partial charge in [-0.05, 0) is 30.7 Å². The Morgan fingerprint density at radius 1 is 1.03 bits per heavy atom. The average molecular weight is 446 g/mol. The van der Waals surface area contributed by atoms with Crippen molar-refractivity contribution in [1.82, 2.24) is 10.0 Å². The smallest absolute Gasteiger partial charge is 0.321 e. The highest BCUT2D eigenvalue weighted by atomic mass is 32.2. The summed E-state index contributed by atoms with van der Waals surface area (Å²) in [7, 11) is -2.50. The monoisotopic (exact) mass is 446 g/mol. The third-order valence-electron chi connectivity index (χ3n) is 3.90. The summed E-state index contributed by atoms with van der Waals surface area (Å²) in [5, 5.41) is 2.98. The van der Waals surface area contributed by atoms with E-state index in [1.165, 1.54) is 19.3 Å². The van der Waals surface area contributed by atoms with Crippen LogP contribution in [-0.2, 0) is 24.3 Å². The molecule has 2 rings (SSSR count). The third-order valence-corrected chi connectivity index (χ3v) is 4.94. The summed E-state index contributed by atoms with van der Waals surface area (Å²) in [5.74, 6) is -2.29. The highest BCUT2D eigenvalue weighted by Gasteiger charge is 2.16. The van der Waals surface area contributed by atoms with Crippen molar-refractivity contribution < 1.29 is 32.3 Å². The predicted octanol–water partition coefficient (Wildman–Crippen LogP) is 1.39. The molecular weight excluding hydrogens is 424 g/mol. The lowest BCUT2D eigenvalue weighted by atomic mass is 10.2. The van der Waals surface area contributed by atoms with E-state index in [1.54, 1.807) is 30.3 Å². The van der Waals surface area contributed by atoms with Crippen molar-refractivity contribution in [2.24, 2.45) is 0 Å². The first-order chi connectivity index (χ1) is 14.7. The zero-order valence-electron chi connectivity index (χ0n) is 17.0. The Hall–Kier alpha value is -3.50. The van der Waals surface area contributed by atoms with Gasteiger partial charge >= 0.3 is 5.97 Å². The van der Waals surface area contributed by atoms with E-state index in [4.69, 9.17) is 4.74 Å². The number of esters is 1. The molecule has 10 heteroatoms. The fourth-order valence-corrected chi connectivity index (χ4v) is 3.06. The number of carbonyl (C=O) groups excluding carboxylic acids is 3. The van der Waals surface area contributed by atoms with E-state index in [0.29, 0.717) is 5.56 Å². The number of amides is 2. The van der Waals surface area contributed by atoms with Crippen molar-refractivity contribution in [3.8, 4) is 5.75 Å². The van der Waals surface area contributed by atoms with Crippen molar-refractivity contribution in [1.29, 1.82) is 0 Å². The van der Waals surface area contributed by atoms with Crippen LogP contribution < -0.4 is 14.8 Å². The Morgan fingerprint density at radius 2 is 1.71 bits per heavy atom. The standard InChI is InChI=1S/C21H22N2O7S/c1-15-7-9-16(10-8-15)11-12-31(27,28)22-13-20(25)30-14-19(24)23-21(26)17-5-3-4-6-18(17)29-2/h3-12,22H,13-14H2,1-2H3,(H,23,24,26). The lowest BCUT2D eigenvalue weighted by molar-refractivity contribution is -0.147. The van der Waals surface area contributed by atoms with Gasteiger partial charge in [0.05, 0.1) is 12.7 Å². The van der Waals surface area contributed by atoms with Crippen molar-refractivity contribution in [2.45, 2.75) is 6.92 Å². The molecule has 0 aliphatic rings. The number of rotatable bonds is 9. The van der Waals surface area contributed by atoms with Gasteiger partial charge in [0.15, 0.2) is 6.61 Å². The van der Waals surface area contributed by atoms with Gasteiger partial charge in [-0.15, -0.1) is 0 Å². The zero-order chi connectivity index (χ0) is 22.9. The number of imide groups is 1. The molecule has 2 aromatic carbocycles. The maximum absolute atomic E-state index is 12.1. The molecule has 0 radical (unpaired) electrons. The van der Waals surface area contributed by atoms with Crippen LogP contribution in [-0.4, -0.2) is 46.5 Å². The minimum atomic E-state index is -3.89. The minimum absolute atomic E-state index is 0.137. The predicted molar refractivity (Wildman–Crippen MR) is 114 cm³/mol. The molecule has 0 fully saturated rings. The summed E-state index contributed by atoms with van der Waals surface area (Å²) in [6.07, 6.45) is 1.38. The van der Waals surface area contributed by atoms with Crippen LogP contribution in [0.5, 0.6) is 5.75 Å². The molecule has 0 bridgehead atoms. The van der Waals surface area contributed by atoms with Gasteiger partial charge in [-0.3, -0.25) is 19.7 Å². The number of hydrogen-bond donors (Lipinski definition) is 2. The molecule has 9 nitrogen and oxygen atoms in total. The number of nitrogens with one attached hydrogen (secondary N) is 2. The van der Waals surface area contributed by atoms with Crippen LogP contribution in [0.1, 0.15) is 21.5 Å². The van der Waals surface area contributed by atoms with Crippen molar-refractivity contribution in [3.05, 3.63) is 70.6 Å². The second-order valence-corrected chi connectivity index (χ2v) is 7.97. The second-order valence-electron chi connectivity index (χ2n) is 6.32. The summed E-state index contributed by atoms with van der Waals surface area (Å²) in [6.45, 7) is 0.487. The Labute approximate surface area is 180 Å². The fraction of sp³-hybridized carbons (Fsp3) is 0.190. The van der Waals surface area contributed by atoms with E-state index in [-0.39, 0.29) is 11.3 Å². The van der Waals surface area contributed by atoms with Crippen LogP contribution in [0.15, 0.2) is 53.9 Å². The van der Waals surface area contributed by atoms with Crippen molar-refractivity contribution >= 4 is 33.9 Å². The minimum Gasteiger partial charge on any atom is -0.496 e. The third kappa shape index (κ3) is 8.03. The van der Waals surface area contributed by atoms with Gasteiger partial charge in [-0.25, -0.2) is 13.1 Å². The van der Waals surface area contributed by atoms with E-state index in [1.807, 2.05) is 23.8 Å². The Morgan fingerprint density at radius 3 is 2.39 bits per heavy atom. The zero-order valence-corrected chi connectivity index (χ0v) is 17.8. The molecule has 0 aliphatic heterocycles. The van der Waals surface area contributed by atoms with Gasteiger partial charge in [0, 0.05) is 5.41 Å². The first kappa shape index (κ1) is 23.8. The normalized spacial score (nSPS) is 11.2. The Bertz CT molecular complexity index is 1080. The number of aryl methyl sites for hydroxylation is 1. The number of ether oxygens (including phenoxy) is 2. The fourth-order valence-electron chi connectivity index (χ4n) is 2.31. The molecule has 0 heterocycles. The molecule has 0 atom stereocenters.